The van der Waals surface area contributed by atoms with Crippen LogP contribution in [0.3, 0.4) is 0 Å². The number of hydrogen-bond donors (Lipinski definition) is 4. The number of carbonyl (C=O) groups is 7. The number of piperazine rings is 2. The Balaban J connectivity index is 1.17. The maximum Gasteiger partial charge on any atom is 0.526 e. The van der Waals surface area contributed by atoms with E-state index in [1.165, 1.54) is 10.3 Å². The fraction of sp³-hybridized carbons (Fsp3) is 0.448. The van der Waals surface area contributed by atoms with Gasteiger partial charge in [0.15, 0.2) is 10.9 Å². The zero-order chi connectivity index (χ0) is 34.7. The molecule has 254 valence electrons. The van der Waals surface area contributed by atoms with Crippen molar-refractivity contribution in [3.8, 4) is 5.75 Å². The summed E-state index contributed by atoms with van der Waals surface area (Å²) < 4.78 is 5.70. The summed E-state index contributed by atoms with van der Waals surface area (Å²) >= 11 is 1.05. The molecule has 0 bridgehead atoms. The van der Waals surface area contributed by atoms with Crippen LogP contribution in [-0.2, 0) is 30.4 Å². The molecule has 3 aliphatic rings. The molecule has 5 rings (SSSR count). The second-order valence-electron chi connectivity index (χ2n) is 11.5. The van der Waals surface area contributed by atoms with E-state index in [4.69, 9.17) is 10.4 Å². The van der Waals surface area contributed by atoms with E-state index in [1.807, 2.05) is 25.1 Å². The number of para-hydroxylation sites is 1. The molecule has 1 unspecified atom stereocenters. The summed E-state index contributed by atoms with van der Waals surface area (Å²) in [5.74, 6) is -4.47. The second kappa shape index (κ2) is 14.4. The van der Waals surface area contributed by atoms with Crippen molar-refractivity contribution in [2.24, 2.45) is 0 Å². The summed E-state index contributed by atoms with van der Waals surface area (Å²) in [5, 5.41) is 17.3. The Morgan fingerprint density at radius 2 is 1.71 bits per heavy atom. The third-order valence-corrected chi connectivity index (χ3v) is 9.15. The quantitative estimate of drug-likeness (QED) is 0.191. The molecule has 0 aliphatic carbocycles. The molecular formula is C29H35BN8O9S. The minimum atomic E-state index is -1.33. The first-order valence-corrected chi connectivity index (χ1v) is 16.2. The number of aromatic nitrogens is 1. The number of nitrogens with one attached hydrogen (secondary N) is 2. The van der Waals surface area contributed by atoms with Gasteiger partial charge in [-0.15, -0.1) is 11.3 Å². The summed E-state index contributed by atoms with van der Waals surface area (Å²) in [4.78, 5) is 97.7. The lowest BCUT2D eigenvalue weighted by Crippen LogP contribution is -2.60. The van der Waals surface area contributed by atoms with Crippen molar-refractivity contribution in [1.82, 2.24) is 35.2 Å². The Morgan fingerprint density at radius 3 is 2.38 bits per heavy atom. The number of aryl methyl sites for hydroxylation is 1. The molecule has 17 nitrogen and oxygen atoms in total. The predicted molar refractivity (Wildman–Crippen MR) is 170 cm³/mol. The van der Waals surface area contributed by atoms with Crippen LogP contribution in [0.1, 0.15) is 36.2 Å². The van der Waals surface area contributed by atoms with Gasteiger partial charge in [-0.1, -0.05) is 18.2 Å². The molecule has 8 amide bonds. The minimum Gasteiger partial charge on any atom is -0.536 e. The van der Waals surface area contributed by atoms with Gasteiger partial charge in [-0.25, -0.2) is 14.6 Å². The molecular weight excluding hydrogens is 647 g/mol. The third-order valence-electron chi connectivity index (χ3n) is 8.45. The largest absolute Gasteiger partial charge is 0.536 e. The van der Waals surface area contributed by atoms with Gasteiger partial charge in [0.1, 0.15) is 11.8 Å². The number of Topliss-reactive ketones (excluding diaryl/α,β-unsaturated/α-hetero) is 1. The summed E-state index contributed by atoms with van der Waals surface area (Å²) in [6.07, 6.45) is 0.153. The van der Waals surface area contributed by atoms with Crippen molar-refractivity contribution in [3.63, 3.8) is 0 Å². The van der Waals surface area contributed by atoms with E-state index in [2.05, 4.69) is 15.6 Å². The van der Waals surface area contributed by atoms with Crippen LogP contribution >= 0.6 is 11.3 Å². The molecule has 2 saturated heterocycles. The first kappa shape index (κ1) is 34.3. The molecule has 2 atom stereocenters. The second-order valence-corrected chi connectivity index (χ2v) is 12.4. The Labute approximate surface area is 279 Å². The number of rotatable bonds is 9. The Hall–Kier alpha value is -5.04. The first-order chi connectivity index (χ1) is 22.9. The number of likely N-dealkylation sites (N-methyl/N-ethyl adjacent to an activating group) is 1. The lowest BCUT2D eigenvalue weighted by molar-refractivity contribution is -0.153. The summed E-state index contributed by atoms with van der Waals surface area (Å²) in [6, 6.07) is 2.42. The van der Waals surface area contributed by atoms with Gasteiger partial charge in [0.2, 0.25) is 0 Å². The highest BCUT2D eigenvalue weighted by Gasteiger charge is 2.41. The van der Waals surface area contributed by atoms with E-state index in [1.54, 1.807) is 6.92 Å². The molecule has 5 N–H and O–H groups in total. The van der Waals surface area contributed by atoms with Crippen LogP contribution in [0.2, 0.25) is 5.82 Å². The standard InChI is InChI=1S/C29H35BN8O9S/c1-3-35-9-11-37(25(42)23(35)40)28(44)32-7-8-36-10-12-38(26(43)24(36)41)29(45)34-21(19-15-48-27(31)33-19)20(39)14-18-13-17-6-4-5-16(2)22(17)47-30(18)46/h4-6,15,18,21,46H,3,7-14H2,1-2H3,(H2,31,33)(H,32,44)(H,34,45)/t18-,21?/m1/s1. The fourth-order valence-corrected chi connectivity index (χ4v) is 6.38. The van der Waals surface area contributed by atoms with Crippen molar-refractivity contribution in [2.75, 3.05) is 51.5 Å². The Bertz CT molecular complexity index is 1650. The SMILES string of the molecule is CCN1CCN(C(=O)NCCN2CCN(C(=O)NC(C(=O)C[C@H]3Cc4cccc(C)c4OB3O)c3csc(N)n3)C(=O)C2=O)C(=O)C1=O. The van der Waals surface area contributed by atoms with Crippen LogP contribution in [0.25, 0.3) is 0 Å². The Kier molecular flexibility index (Phi) is 10.3. The molecule has 4 heterocycles. The van der Waals surface area contributed by atoms with Crippen LogP contribution in [0.4, 0.5) is 14.7 Å². The number of imide groups is 2. The van der Waals surface area contributed by atoms with Crippen molar-refractivity contribution in [2.45, 2.75) is 38.5 Å². The van der Waals surface area contributed by atoms with E-state index in [0.717, 1.165) is 32.3 Å². The summed E-state index contributed by atoms with van der Waals surface area (Å²) in [7, 11) is -1.27. The summed E-state index contributed by atoms with van der Waals surface area (Å²) in [5.41, 5.74) is 7.61. The molecule has 19 heteroatoms. The van der Waals surface area contributed by atoms with Crippen molar-refractivity contribution < 1.29 is 43.2 Å². The van der Waals surface area contributed by atoms with Crippen molar-refractivity contribution >= 4 is 65.1 Å². The van der Waals surface area contributed by atoms with Gasteiger partial charge in [-0.3, -0.25) is 33.8 Å². The number of nitrogen functional groups attached to an aromatic ring is 1. The van der Waals surface area contributed by atoms with Crippen molar-refractivity contribution in [1.29, 1.82) is 0 Å². The van der Waals surface area contributed by atoms with E-state index >= 15 is 0 Å². The van der Waals surface area contributed by atoms with E-state index < -0.39 is 60.5 Å². The zero-order valence-corrected chi connectivity index (χ0v) is 27.2. The van der Waals surface area contributed by atoms with Crippen LogP contribution in [0, 0.1) is 6.92 Å². The molecule has 2 aromatic rings. The number of nitrogens with two attached hydrogens (primary N) is 1. The number of nitrogens with zero attached hydrogens (tertiary/aromatic N) is 5. The monoisotopic (exact) mass is 682 g/mol. The molecule has 0 saturated carbocycles. The molecule has 2 fully saturated rings. The van der Waals surface area contributed by atoms with Gasteiger partial charge in [-0.2, -0.15) is 0 Å². The molecule has 0 radical (unpaired) electrons. The van der Waals surface area contributed by atoms with Gasteiger partial charge in [0.05, 0.1) is 5.69 Å². The first-order valence-electron chi connectivity index (χ1n) is 15.4. The maximum absolute atomic E-state index is 13.6. The van der Waals surface area contributed by atoms with E-state index in [-0.39, 0.29) is 56.5 Å². The number of hydrogen-bond acceptors (Lipinski definition) is 12. The maximum atomic E-state index is 13.6. The summed E-state index contributed by atoms with van der Waals surface area (Å²) in [6.45, 7) is 3.65. The molecule has 3 aliphatic heterocycles. The lowest BCUT2D eigenvalue weighted by atomic mass is 9.64. The highest BCUT2D eigenvalue weighted by molar-refractivity contribution is 7.13. The highest BCUT2D eigenvalue weighted by Crippen LogP contribution is 2.37. The van der Waals surface area contributed by atoms with Crippen molar-refractivity contribution in [3.05, 3.63) is 40.4 Å². The lowest BCUT2D eigenvalue weighted by Gasteiger charge is -2.34. The van der Waals surface area contributed by atoms with Gasteiger partial charge >= 0.3 is 42.8 Å². The number of fused-ring (bicyclic) bond motifs is 1. The van der Waals surface area contributed by atoms with Crippen LogP contribution in [0.5, 0.6) is 5.75 Å². The number of anilines is 1. The predicted octanol–water partition coefficient (Wildman–Crippen LogP) is -0.699. The van der Waals surface area contributed by atoms with E-state index in [0.29, 0.717) is 23.6 Å². The fourth-order valence-electron chi connectivity index (χ4n) is 5.79. The van der Waals surface area contributed by atoms with Gasteiger partial charge < -0.3 is 35.8 Å². The molecule has 48 heavy (non-hydrogen) atoms. The number of urea groups is 2. The van der Waals surface area contributed by atoms with Crippen LogP contribution in [-0.4, -0.2) is 124 Å². The van der Waals surface area contributed by atoms with Gasteiger partial charge in [0.25, 0.3) is 0 Å². The molecule has 1 aromatic heterocycles. The third kappa shape index (κ3) is 7.10. The number of carbonyl (C=O) groups excluding carboxylic acids is 7. The van der Waals surface area contributed by atoms with Crippen LogP contribution < -0.4 is 21.0 Å². The van der Waals surface area contributed by atoms with Gasteiger partial charge in [-0.05, 0) is 31.4 Å². The smallest absolute Gasteiger partial charge is 0.526 e. The average Bonchev–Trinajstić information content (AvgIpc) is 3.49. The number of amides is 8. The number of thiazole rings is 1. The number of ketones is 1. The average molecular weight is 683 g/mol. The molecule has 1 aromatic carbocycles. The number of benzene rings is 1. The molecule has 0 spiro atoms. The van der Waals surface area contributed by atoms with Gasteiger partial charge in [0, 0.05) is 63.4 Å². The highest BCUT2D eigenvalue weighted by atomic mass is 32.1. The minimum absolute atomic E-state index is 0.0229. The van der Waals surface area contributed by atoms with Crippen LogP contribution in [0.15, 0.2) is 23.6 Å². The topological polar surface area (TPSA) is 225 Å². The zero-order valence-electron chi connectivity index (χ0n) is 26.3. The van der Waals surface area contributed by atoms with E-state index in [9.17, 15) is 38.6 Å². The normalized spacial score (nSPS) is 18.8. The Morgan fingerprint density at radius 1 is 1.04 bits per heavy atom.